The predicted molar refractivity (Wildman–Crippen MR) is 89.5 cm³/mol. The summed E-state index contributed by atoms with van der Waals surface area (Å²) < 4.78 is 1.10. The van der Waals surface area contributed by atoms with Gasteiger partial charge in [-0.05, 0) is 44.4 Å². The Labute approximate surface area is 133 Å². The molecule has 112 valence electrons. The van der Waals surface area contributed by atoms with E-state index >= 15 is 0 Å². The molecule has 0 bridgehead atoms. The lowest BCUT2D eigenvalue weighted by Gasteiger charge is -2.28. The van der Waals surface area contributed by atoms with E-state index in [9.17, 15) is 4.79 Å². The van der Waals surface area contributed by atoms with Gasteiger partial charge in [-0.1, -0.05) is 17.7 Å². The molecule has 2 atom stereocenters. The summed E-state index contributed by atoms with van der Waals surface area (Å²) in [7, 11) is 0. The molecule has 2 aromatic rings. The second-order valence-corrected chi connectivity index (χ2v) is 7.23. The van der Waals surface area contributed by atoms with Crippen LogP contribution in [0.2, 0.25) is 5.02 Å². The van der Waals surface area contributed by atoms with Crippen LogP contribution in [0.3, 0.4) is 0 Å². The van der Waals surface area contributed by atoms with Gasteiger partial charge in [0.25, 0.3) is 5.91 Å². The molecule has 0 radical (unpaired) electrons. The van der Waals surface area contributed by atoms with Crippen LogP contribution in [0.5, 0.6) is 0 Å². The average molecular weight is 323 g/mol. The summed E-state index contributed by atoms with van der Waals surface area (Å²) in [5, 5.41) is 8.20. The van der Waals surface area contributed by atoms with E-state index in [0.717, 1.165) is 39.9 Å². The topological polar surface area (TPSA) is 41.1 Å². The van der Waals surface area contributed by atoms with Crippen molar-refractivity contribution >= 4 is 38.9 Å². The van der Waals surface area contributed by atoms with Crippen molar-refractivity contribution in [1.29, 1.82) is 0 Å². The number of piperidine rings is 1. The van der Waals surface area contributed by atoms with E-state index in [1.807, 2.05) is 25.1 Å². The molecule has 1 aromatic heterocycles. The fraction of sp³-hybridized carbons (Fsp3) is 0.438. The van der Waals surface area contributed by atoms with Crippen molar-refractivity contribution < 1.29 is 4.79 Å². The standard InChI is InChI=1S/C16H19ClN2OS/c1-9-3-6-13(17)12-7-14(21-15(9)12)16(20)19-11-5-4-10(2)18-8-11/h3,6-7,10-11,18H,4-5,8H2,1-2H3,(H,19,20)/t10?,11-/m1/s1. The highest BCUT2D eigenvalue weighted by Crippen LogP contribution is 2.33. The summed E-state index contributed by atoms with van der Waals surface area (Å²) in [6, 6.07) is 6.55. The lowest BCUT2D eigenvalue weighted by Crippen LogP contribution is -2.48. The van der Waals surface area contributed by atoms with Gasteiger partial charge in [0, 0.05) is 33.7 Å². The van der Waals surface area contributed by atoms with Crippen LogP contribution < -0.4 is 10.6 Å². The van der Waals surface area contributed by atoms with Gasteiger partial charge in [-0.3, -0.25) is 4.79 Å². The number of benzene rings is 1. The van der Waals surface area contributed by atoms with Crippen LogP contribution >= 0.6 is 22.9 Å². The second-order valence-electron chi connectivity index (χ2n) is 5.77. The number of hydrogen-bond donors (Lipinski definition) is 2. The number of rotatable bonds is 2. The first-order valence-corrected chi connectivity index (χ1v) is 8.47. The maximum absolute atomic E-state index is 12.4. The molecule has 1 aromatic carbocycles. The molecule has 1 saturated heterocycles. The predicted octanol–water partition coefficient (Wildman–Crippen LogP) is 3.73. The first-order chi connectivity index (χ1) is 10.0. The minimum Gasteiger partial charge on any atom is -0.347 e. The number of fused-ring (bicyclic) bond motifs is 1. The third-order valence-electron chi connectivity index (χ3n) is 4.05. The van der Waals surface area contributed by atoms with E-state index in [1.54, 1.807) is 0 Å². The number of nitrogens with one attached hydrogen (secondary N) is 2. The van der Waals surface area contributed by atoms with Crippen molar-refractivity contribution in [3.05, 3.63) is 33.7 Å². The van der Waals surface area contributed by atoms with Crippen molar-refractivity contribution in [2.75, 3.05) is 6.54 Å². The first kappa shape index (κ1) is 14.8. The zero-order valence-corrected chi connectivity index (χ0v) is 13.8. The molecule has 2 N–H and O–H groups in total. The minimum atomic E-state index is 0.00743. The molecule has 0 saturated carbocycles. The molecule has 0 aliphatic carbocycles. The molecule has 3 rings (SSSR count). The molecule has 1 unspecified atom stereocenters. The number of thiophene rings is 1. The number of carbonyl (C=O) groups is 1. The van der Waals surface area contributed by atoms with E-state index in [2.05, 4.69) is 17.6 Å². The van der Waals surface area contributed by atoms with Gasteiger partial charge in [0.15, 0.2) is 0 Å². The van der Waals surface area contributed by atoms with Gasteiger partial charge in [0.05, 0.1) is 4.88 Å². The Hall–Kier alpha value is -1.10. The molecule has 1 aliphatic heterocycles. The van der Waals surface area contributed by atoms with Crippen molar-refractivity contribution in [3.8, 4) is 0 Å². The largest absolute Gasteiger partial charge is 0.347 e. The van der Waals surface area contributed by atoms with Gasteiger partial charge in [-0.2, -0.15) is 0 Å². The number of carbonyl (C=O) groups excluding carboxylic acids is 1. The lowest BCUT2D eigenvalue weighted by molar-refractivity contribution is 0.0932. The summed E-state index contributed by atoms with van der Waals surface area (Å²) in [5.41, 5.74) is 1.16. The van der Waals surface area contributed by atoms with Crippen molar-refractivity contribution in [1.82, 2.24) is 10.6 Å². The van der Waals surface area contributed by atoms with Gasteiger partial charge < -0.3 is 10.6 Å². The average Bonchev–Trinajstić information content (AvgIpc) is 2.92. The maximum Gasteiger partial charge on any atom is 0.261 e. The van der Waals surface area contributed by atoms with Gasteiger partial charge in [-0.15, -0.1) is 11.3 Å². The Kier molecular flexibility index (Phi) is 4.20. The van der Waals surface area contributed by atoms with Gasteiger partial charge in [0.2, 0.25) is 0 Å². The zero-order valence-electron chi connectivity index (χ0n) is 12.2. The fourth-order valence-electron chi connectivity index (χ4n) is 2.72. The summed E-state index contributed by atoms with van der Waals surface area (Å²) in [4.78, 5) is 13.2. The molecule has 3 nitrogen and oxygen atoms in total. The Morgan fingerprint density at radius 1 is 1.43 bits per heavy atom. The highest BCUT2D eigenvalue weighted by Gasteiger charge is 2.21. The number of hydrogen-bond acceptors (Lipinski definition) is 3. The third-order valence-corrected chi connectivity index (χ3v) is 5.65. The molecule has 2 heterocycles. The number of aryl methyl sites for hydroxylation is 1. The van der Waals surface area contributed by atoms with Crippen LogP contribution in [0.4, 0.5) is 0 Å². The fourth-order valence-corrected chi connectivity index (χ4v) is 4.04. The summed E-state index contributed by atoms with van der Waals surface area (Å²) in [6.45, 7) is 5.07. The number of amides is 1. The molecule has 1 fully saturated rings. The van der Waals surface area contributed by atoms with E-state index < -0.39 is 0 Å². The molecule has 21 heavy (non-hydrogen) atoms. The van der Waals surface area contributed by atoms with Crippen LogP contribution in [0.25, 0.3) is 10.1 Å². The van der Waals surface area contributed by atoms with E-state index in [1.165, 1.54) is 11.3 Å². The Bertz CT molecular complexity index is 635. The molecular weight excluding hydrogens is 304 g/mol. The monoisotopic (exact) mass is 322 g/mol. The Morgan fingerprint density at radius 3 is 2.90 bits per heavy atom. The van der Waals surface area contributed by atoms with Gasteiger partial charge in [-0.25, -0.2) is 0 Å². The van der Waals surface area contributed by atoms with Gasteiger partial charge in [0.1, 0.15) is 0 Å². The highest BCUT2D eigenvalue weighted by atomic mass is 35.5. The Balaban J connectivity index is 1.79. The molecule has 0 spiro atoms. The van der Waals surface area contributed by atoms with Crippen LogP contribution in [-0.4, -0.2) is 24.5 Å². The highest BCUT2D eigenvalue weighted by molar-refractivity contribution is 7.21. The van der Waals surface area contributed by atoms with Crippen molar-refractivity contribution in [2.45, 2.75) is 38.8 Å². The zero-order chi connectivity index (χ0) is 15.0. The van der Waals surface area contributed by atoms with E-state index in [-0.39, 0.29) is 11.9 Å². The first-order valence-electron chi connectivity index (χ1n) is 7.27. The summed E-state index contributed by atoms with van der Waals surface area (Å²) in [6.07, 6.45) is 2.13. The maximum atomic E-state index is 12.4. The van der Waals surface area contributed by atoms with Crippen LogP contribution in [0.1, 0.15) is 35.0 Å². The molecular formula is C16H19ClN2OS. The normalized spacial score (nSPS) is 22.4. The Morgan fingerprint density at radius 2 is 2.24 bits per heavy atom. The quantitative estimate of drug-likeness (QED) is 0.884. The SMILES string of the molecule is Cc1ccc(Cl)c2cc(C(=O)N[C@@H]3CCC(C)NC3)sc12. The van der Waals surface area contributed by atoms with Crippen LogP contribution in [0.15, 0.2) is 18.2 Å². The molecule has 5 heteroatoms. The van der Waals surface area contributed by atoms with E-state index in [4.69, 9.17) is 11.6 Å². The van der Waals surface area contributed by atoms with Crippen molar-refractivity contribution in [3.63, 3.8) is 0 Å². The molecule has 1 amide bonds. The van der Waals surface area contributed by atoms with E-state index in [0.29, 0.717) is 11.1 Å². The lowest BCUT2D eigenvalue weighted by atomic mass is 10.0. The second kappa shape index (κ2) is 5.95. The molecule has 1 aliphatic rings. The van der Waals surface area contributed by atoms with Crippen LogP contribution in [-0.2, 0) is 0 Å². The number of halogens is 1. The third kappa shape index (κ3) is 3.07. The smallest absolute Gasteiger partial charge is 0.261 e. The summed E-state index contributed by atoms with van der Waals surface area (Å²) in [5.74, 6) is 0.00743. The van der Waals surface area contributed by atoms with Crippen molar-refractivity contribution in [2.24, 2.45) is 0 Å². The van der Waals surface area contributed by atoms with Gasteiger partial charge >= 0.3 is 0 Å². The summed E-state index contributed by atoms with van der Waals surface area (Å²) >= 11 is 7.74. The minimum absolute atomic E-state index is 0.00743. The van der Waals surface area contributed by atoms with Crippen LogP contribution in [0, 0.1) is 6.92 Å².